The maximum Gasteiger partial charge on any atom is 0.257 e. The molecule has 0 bridgehead atoms. The maximum atomic E-state index is 14.5. The highest BCUT2D eigenvalue weighted by molar-refractivity contribution is 6.29. The zero-order valence-corrected chi connectivity index (χ0v) is 18.6. The van der Waals surface area contributed by atoms with Gasteiger partial charge in [-0.2, -0.15) is 5.10 Å². The monoisotopic (exact) mass is 457 g/mol. The summed E-state index contributed by atoms with van der Waals surface area (Å²) >= 11 is 5.80. The lowest BCUT2D eigenvalue weighted by Gasteiger charge is -2.34. The van der Waals surface area contributed by atoms with Gasteiger partial charge in [0.25, 0.3) is 5.91 Å². The Bertz CT molecular complexity index is 1180. The maximum absolute atomic E-state index is 14.5. The molecule has 2 aliphatic heterocycles. The van der Waals surface area contributed by atoms with E-state index in [2.05, 4.69) is 9.88 Å². The first-order chi connectivity index (χ1) is 15.4. The number of carbonyl (C=O) groups excluding carboxylic acids is 1. The van der Waals surface area contributed by atoms with Crippen molar-refractivity contribution in [1.82, 2.24) is 24.5 Å². The molecule has 1 amide bonds. The molecule has 2 saturated heterocycles. The van der Waals surface area contributed by atoms with Crippen LogP contribution in [0.4, 0.5) is 10.2 Å². The van der Waals surface area contributed by atoms with Crippen LogP contribution in [-0.4, -0.2) is 56.1 Å². The van der Waals surface area contributed by atoms with Gasteiger partial charge in [-0.05, 0) is 38.7 Å². The van der Waals surface area contributed by atoms with Crippen LogP contribution in [0.25, 0.3) is 5.65 Å². The Labute approximate surface area is 190 Å². The van der Waals surface area contributed by atoms with Gasteiger partial charge in [0.2, 0.25) is 0 Å². The standard InChI is InChI=1S/C22H25ClFN7O/c1-13-11-31-18(27-21(13)29-9-6-14(25)12-29)10-16(28-31)17-4-2-3-8-30(17)22(32)15-5-7-26-20(23)19(15)24/h5,7,10-11,14,17H,2-4,6,8-9,12,25H2,1H3/t14-,17-/m0/s1. The third kappa shape index (κ3) is 3.69. The molecule has 3 aromatic rings. The van der Waals surface area contributed by atoms with Crippen LogP contribution < -0.4 is 10.6 Å². The number of hydrogen-bond donors (Lipinski definition) is 1. The summed E-state index contributed by atoms with van der Waals surface area (Å²) in [6, 6.07) is 3.20. The predicted molar refractivity (Wildman–Crippen MR) is 119 cm³/mol. The summed E-state index contributed by atoms with van der Waals surface area (Å²) in [4.78, 5) is 25.7. The number of aromatic nitrogens is 4. The van der Waals surface area contributed by atoms with E-state index in [1.165, 1.54) is 12.3 Å². The molecule has 2 aliphatic rings. The number of pyridine rings is 1. The molecule has 10 heteroatoms. The van der Waals surface area contributed by atoms with Crippen molar-refractivity contribution >= 4 is 29.0 Å². The van der Waals surface area contributed by atoms with E-state index >= 15 is 0 Å². The van der Waals surface area contributed by atoms with Gasteiger partial charge in [0.05, 0.1) is 17.3 Å². The van der Waals surface area contributed by atoms with Crippen LogP contribution in [0.5, 0.6) is 0 Å². The van der Waals surface area contributed by atoms with Gasteiger partial charge < -0.3 is 15.5 Å². The molecule has 0 aromatic carbocycles. The molecule has 5 heterocycles. The molecule has 2 fully saturated rings. The number of nitrogens with two attached hydrogens (primary N) is 1. The number of carbonyl (C=O) groups is 1. The van der Waals surface area contributed by atoms with E-state index in [0.29, 0.717) is 6.54 Å². The molecule has 0 aliphatic carbocycles. The number of anilines is 1. The van der Waals surface area contributed by atoms with Crippen LogP contribution in [-0.2, 0) is 0 Å². The largest absolute Gasteiger partial charge is 0.355 e. The Hall–Kier alpha value is -2.78. The van der Waals surface area contributed by atoms with E-state index in [0.717, 1.165) is 61.5 Å². The van der Waals surface area contributed by atoms with Crippen molar-refractivity contribution in [1.29, 1.82) is 0 Å². The third-order valence-corrected chi connectivity index (χ3v) is 6.59. The second-order valence-corrected chi connectivity index (χ2v) is 8.95. The lowest BCUT2D eigenvalue weighted by atomic mass is 9.98. The molecule has 5 rings (SSSR count). The SMILES string of the molecule is Cc1cn2nc([C@@H]3CCCCN3C(=O)c3ccnc(Cl)c3F)cc2nc1N1CC[C@H](N)C1. The second-order valence-electron chi connectivity index (χ2n) is 8.59. The number of aryl methyl sites for hydroxylation is 1. The van der Waals surface area contributed by atoms with E-state index in [-0.39, 0.29) is 22.8 Å². The molecule has 0 unspecified atom stereocenters. The van der Waals surface area contributed by atoms with E-state index < -0.39 is 11.7 Å². The van der Waals surface area contributed by atoms with Gasteiger partial charge in [0.1, 0.15) is 5.82 Å². The van der Waals surface area contributed by atoms with Gasteiger partial charge in [-0.1, -0.05) is 11.6 Å². The number of piperidine rings is 1. The molecule has 32 heavy (non-hydrogen) atoms. The van der Waals surface area contributed by atoms with Crippen molar-refractivity contribution in [3.8, 4) is 0 Å². The number of halogens is 2. The lowest BCUT2D eigenvalue weighted by Crippen LogP contribution is -2.39. The van der Waals surface area contributed by atoms with E-state index in [1.54, 1.807) is 9.42 Å². The zero-order valence-electron chi connectivity index (χ0n) is 17.8. The molecule has 2 N–H and O–H groups in total. The highest BCUT2D eigenvalue weighted by Gasteiger charge is 2.32. The number of hydrogen-bond acceptors (Lipinski definition) is 6. The average Bonchev–Trinajstić information content (AvgIpc) is 3.40. The first-order valence-electron chi connectivity index (χ1n) is 10.9. The van der Waals surface area contributed by atoms with Crippen LogP contribution in [0.1, 0.15) is 53.3 Å². The van der Waals surface area contributed by atoms with Gasteiger partial charge >= 0.3 is 0 Å². The van der Waals surface area contributed by atoms with Crippen molar-refractivity contribution < 1.29 is 9.18 Å². The summed E-state index contributed by atoms with van der Waals surface area (Å²) in [5.41, 5.74) is 8.50. The molecular weight excluding hydrogens is 433 g/mol. The van der Waals surface area contributed by atoms with Crippen LogP contribution in [0.2, 0.25) is 5.15 Å². The van der Waals surface area contributed by atoms with Gasteiger partial charge in [0, 0.05) is 49.7 Å². The first-order valence-corrected chi connectivity index (χ1v) is 11.3. The van der Waals surface area contributed by atoms with Gasteiger partial charge in [0.15, 0.2) is 16.6 Å². The first kappa shape index (κ1) is 21.1. The number of amides is 1. The van der Waals surface area contributed by atoms with Crippen LogP contribution in [0, 0.1) is 12.7 Å². The smallest absolute Gasteiger partial charge is 0.257 e. The Balaban J connectivity index is 1.48. The van der Waals surface area contributed by atoms with E-state index in [1.807, 2.05) is 19.2 Å². The Kier molecular flexibility index (Phi) is 5.46. The van der Waals surface area contributed by atoms with E-state index in [4.69, 9.17) is 27.4 Å². The summed E-state index contributed by atoms with van der Waals surface area (Å²) < 4.78 is 16.2. The molecule has 2 atom stereocenters. The van der Waals surface area contributed by atoms with Crippen molar-refractivity contribution in [3.63, 3.8) is 0 Å². The topological polar surface area (TPSA) is 92.6 Å². The lowest BCUT2D eigenvalue weighted by molar-refractivity contribution is 0.0600. The van der Waals surface area contributed by atoms with Crippen LogP contribution in [0.3, 0.4) is 0 Å². The fourth-order valence-electron chi connectivity index (χ4n) is 4.70. The summed E-state index contributed by atoms with van der Waals surface area (Å²) in [5.74, 6) is -0.268. The van der Waals surface area contributed by atoms with Gasteiger partial charge in [-0.3, -0.25) is 4.79 Å². The molecule has 3 aromatic heterocycles. The second kappa shape index (κ2) is 8.29. The molecular formula is C22H25ClFN7O. The van der Waals surface area contributed by atoms with Crippen molar-refractivity contribution in [3.05, 3.63) is 52.3 Å². The molecule has 8 nitrogen and oxygen atoms in total. The Morgan fingerprint density at radius 2 is 2.12 bits per heavy atom. The zero-order chi connectivity index (χ0) is 22.4. The minimum atomic E-state index is -0.788. The molecule has 168 valence electrons. The summed E-state index contributed by atoms with van der Waals surface area (Å²) in [7, 11) is 0. The minimum Gasteiger partial charge on any atom is -0.355 e. The van der Waals surface area contributed by atoms with Crippen molar-refractivity contribution in [2.45, 2.75) is 44.7 Å². The predicted octanol–water partition coefficient (Wildman–Crippen LogP) is 3.13. The Morgan fingerprint density at radius 1 is 1.28 bits per heavy atom. The normalized spacial score (nSPS) is 21.5. The number of likely N-dealkylation sites (tertiary alicyclic amines) is 1. The quantitative estimate of drug-likeness (QED) is 0.607. The molecule has 0 spiro atoms. The number of fused-ring (bicyclic) bond motifs is 1. The third-order valence-electron chi connectivity index (χ3n) is 6.33. The minimum absolute atomic E-state index is 0.0673. The average molecular weight is 458 g/mol. The van der Waals surface area contributed by atoms with Crippen molar-refractivity contribution in [2.75, 3.05) is 24.5 Å². The van der Waals surface area contributed by atoms with Crippen molar-refractivity contribution in [2.24, 2.45) is 5.73 Å². The summed E-state index contributed by atoms with van der Waals surface area (Å²) in [6.45, 7) is 4.21. The summed E-state index contributed by atoms with van der Waals surface area (Å²) in [5, 5.41) is 4.43. The van der Waals surface area contributed by atoms with Crippen LogP contribution in [0.15, 0.2) is 24.5 Å². The fourth-order valence-corrected chi connectivity index (χ4v) is 4.86. The van der Waals surface area contributed by atoms with E-state index in [9.17, 15) is 9.18 Å². The van der Waals surface area contributed by atoms with Crippen LogP contribution >= 0.6 is 11.6 Å². The number of rotatable bonds is 3. The highest BCUT2D eigenvalue weighted by atomic mass is 35.5. The number of nitrogens with zero attached hydrogens (tertiary/aromatic N) is 6. The Morgan fingerprint density at radius 3 is 2.91 bits per heavy atom. The van der Waals surface area contributed by atoms with Gasteiger partial charge in [-0.15, -0.1) is 0 Å². The molecule has 0 saturated carbocycles. The molecule has 0 radical (unpaired) electrons. The highest BCUT2D eigenvalue weighted by Crippen LogP contribution is 2.33. The summed E-state index contributed by atoms with van der Waals surface area (Å²) in [6.07, 6.45) is 6.83. The fraction of sp³-hybridized carbons (Fsp3) is 0.455. The van der Waals surface area contributed by atoms with Gasteiger partial charge in [-0.25, -0.2) is 18.9 Å².